The molecule has 0 aliphatic carbocycles. The average Bonchev–Trinajstić information content (AvgIpc) is 2.38. The number of nitrogens with two attached hydrogens (primary N) is 1. The highest BCUT2D eigenvalue weighted by molar-refractivity contribution is 9.10. The lowest BCUT2D eigenvalue weighted by Crippen LogP contribution is -2.37. The summed E-state index contributed by atoms with van der Waals surface area (Å²) >= 11 is 3.54. The first-order chi connectivity index (χ1) is 8.31. The zero-order valence-electron chi connectivity index (χ0n) is 9.81. The van der Waals surface area contributed by atoms with Crippen LogP contribution >= 0.6 is 15.9 Å². The lowest BCUT2D eigenvalue weighted by Gasteiger charge is -2.33. The molecule has 5 heteroatoms. The van der Waals surface area contributed by atoms with Gasteiger partial charge in [-0.25, -0.2) is 0 Å². The van der Waals surface area contributed by atoms with E-state index in [9.17, 15) is 0 Å². The standard InChI is InChI=1S/C12H18BrN3O/c13-11-9-15-5-1-12(11)16-6-2-10(3-7-16)17-8-4-14/h1,5,9-10H,2-4,6-8,14H2. The number of rotatable bonds is 4. The van der Waals surface area contributed by atoms with Crippen LogP contribution in [0.2, 0.25) is 0 Å². The highest BCUT2D eigenvalue weighted by atomic mass is 79.9. The second kappa shape index (κ2) is 6.33. The van der Waals surface area contributed by atoms with E-state index in [4.69, 9.17) is 10.5 Å². The van der Waals surface area contributed by atoms with Crippen molar-refractivity contribution in [3.8, 4) is 0 Å². The molecule has 0 aromatic carbocycles. The minimum atomic E-state index is 0.371. The summed E-state index contributed by atoms with van der Waals surface area (Å²) in [6.07, 6.45) is 6.17. The van der Waals surface area contributed by atoms with Gasteiger partial charge in [-0.05, 0) is 34.8 Å². The fourth-order valence-corrected chi connectivity index (χ4v) is 2.62. The van der Waals surface area contributed by atoms with E-state index in [1.165, 1.54) is 5.69 Å². The van der Waals surface area contributed by atoms with E-state index >= 15 is 0 Å². The van der Waals surface area contributed by atoms with Gasteiger partial charge in [0.25, 0.3) is 0 Å². The summed E-state index contributed by atoms with van der Waals surface area (Å²) in [7, 11) is 0. The van der Waals surface area contributed by atoms with Gasteiger partial charge < -0.3 is 15.4 Å². The SMILES string of the molecule is NCCOC1CCN(c2ccncc2Br)CC1. The van der Waals surface area contributed by atoms with Crippen LogP contribution in [0.1, 0.15) is 12.8 Å². The Kier molecular flexibility index (Phi) is 4.76. The molecular weight excluding hydrogens is 282 g/mol. The van der Waals surface area contributed by atoms with Gasteiger partial charge in [-0.15, -0.1) is 0 Å². The van der Waals surface area contributed by atoms with Crippen LogP contribution in [0.25, 0.3) is 0 Å². The Hall–Kier alpha value is -0.650. The van der Waals surface area contributed by atoms with Crippen molar-refractivity contribution >= 4 is 21.6 Å². The number of hydrogen-bond donors (Lipinski definition) is 1. The van der Waals surface area contributed by atoms with Gasteiger partial charge in [-0.3, -0.25) is 4.98 Å². The Bertz CT molecular complexity index is 353. The molecule has 0 bridgehead atoms. The van der Waals surface area contributed by atoms with Crippen LogP contribution in [0.4, 0.5) is 5.69 Å². The van der Waals surface area contributed by atoms with E-state index in [2.05, 4.69) is 25.8 Å². The molecule has 0 radical (unpaired) electrons. The molecule has 1 fully saturated rings. The highest BCUT2D eigenvalue weighted by Crippen LogP contribution is 2.27. The lowest BCUT2D eigenvalue weighted by molar-refractivity contribution is 0.0422. The maximum atomic E-state index is 5.67. The van der Waals surface area contributed by atoms with Crippen molar-refractivity contribution in [3.05, 3.63) is 22.9 Å². The van der Waals surface area contributed by atoms with Gasteiger partial charge in [0.1, 0.15) is 0 Å². The first-order valence-electron chi connectivity index (χ1n) is 5.97. The lowest BCUT2D eigenvalue weighted by atomic mass is 10.1. The normalized spacial score (nSPS) is 17.4. The van der Waals surface area contributed by atoms with E-state index in [0.29, 0.717) is 19.3 Å². The van der Waals surface area contributed by atoms with Crippen molar-refractivity contribution in [1.82, 2.24) is 4.98 Å². The fourth-order valence-electron chi connectivity index (χ4n) is 2.12. The van der Waals surface area contributed by atoms with Crippen LogP contribution < -0.4 is 10.6 Å². The van der Waals surface area contributed by atoms with E-state index < -0.39 is 0 Å². The van der Waals surface area contributed by atoms with Gasteiger partial charge >= 0.3 is 0 Å². The number of anilines is 1. The molecule has 1 aromatic rings. The van der Waals surface area contributed by atoms with Crippen molar-refractivity contribution in [2.24, 2.45) is 5.73 Å². The zero-order chi connectivity index (χ0) is 12.1. The molecule has 0 saturated carbocycles. The molecular formula is C12H18BrN3O. The Morgan fingerprint density at radius 1 is 1.47 bits per heavy atom. The number of hydrogen-bond acceptors (Lipinski definition) is 4. The molecule has 0 unspecified atom stereocenters. The van der Waals surface area contributed by atoms with Crippen molar-refractivity contribution in [2.45, 2.75) is 18.9 Å². The van der Waals surface area contributed by atoms with Gasteiger partial charge in [-0.2, -0.15) is 0 Å². The summed E-state index contributed by atoms with van der Waals surface area (Å²) in [5, 5.41) is 0. The van der Waals surface area contributed by atoms with Gasteiger partial charge in [0.15, 0.2) is 0 Å². The van der Waals surface area contributed by atoms with Crippen LogP contribution in [-0.4, -0.2) is 37.3 Å². The quantitative estimate of drug-likeness (QED) is 0.921. The summed E-state index contributed by atoms with van der Waals surface area (Å²) in [5.41, 5.74) is 6.66. The van der Waals surface area contributed by atoms with E-state index in [-0.39, 0.29) is 0 Å². The van der Waals surface area contributed by atoms with Gasteiger partial charge in [-0.1, -0.05) is 0 Å². The molecule has 0 spiro atoms. The number of halogens is 1. The molecule has 1 saturated heterocycles. The summed E-state index contributed by atoms with van der Waals surface area (Å²) in [5.74, 6) is 0. The number of piperidine rings is 1. The van der Waals surface area contributed by atoms with Gasteiger partial charge in [0.05, 0.1) is 22.9 Å². The summed E-state index contributed by atoms with van der Waals surface area (Å²) in [6.45, 7) is 3.33. The molecule has 17 heavy (non-hydrogen) atoms. The fraction of sp³-hybridized carbons (Fsp3) is 0.583. The zero-order valence-corrected chi connectivity index (χ0v) is 11.4. The van der Waals surface area contributed by atoms with Crippen LogP contribution in [0.5, 0.6) is 0 Å². The van der Waals surface area contributed by atoms with Crippen LogP contribution in [0.15, 0.2) is 22.9 Å². The highest BCUT2D eigenvalue weighted by Gasteiger charge is 2.20. The first kappa shape index (κ1) is 12.8. The van der Waals surface area contributed by atoms with Crippen molar-refractivity contribution < 1.29 is 4.74 Å². The maximum absolute atomic E-state index is 5.67. The maximum Gasteiger partial charge on any atom is 0.0609 e. The smallest absolute Gasteiger partial charge is 0.0609 e. The molecule has 4 nitrogen and oxygen atoms in total. The third kappa shape index (κ3) is 3.40. The summed E-state index contributed by atoms with van der Waals surface area (Å²) in [6, 6.07) is 2.05. The predicted octanol–water partition coefficient (Wildman–Crippen LogP) is 1.79. The number of nitrogens with zero attached hydrogens (tertiary/aromatic N) is 2. The molecule has 2 N–H and O–H groups in total. The molecule has 0 atom stereocenters. The second-order valence-electron chi connectivity index (χ2n) is 4.17. The Balaban J connectivity index is 1.89. The molecule has 0 amide bonds. The monoisotopic (exact) mass is 299 g/mol. The van der Waals surface area contributed by atoms with Crippen molar-refractivity contribution in [3.63, 3.8) is 0 Å². The van der Waals surface area contributed by atoms with Crippen molar-refractivity contribution in [1.29, 1.82) is 0 Å². The Labute approximate surface area is 110 Å². The number of pyridine rings is 1. The first-order valence-corrected chi connectivity index (χ1v) is 6.76. The van der Waals surface area contributed by atoms with Gasteiger partial charge in [0.2, 0.25) is 0 Å². The minimum Gasteiger partial charge on any atom is -0.377 e. The van der Waals surface area contributed by atoms with Gasteiger partial charge in [0, 0.05) is 32.0 Å². The van der Waals surface area contributed by atoms with E-state index in [0.717, 1.165) is 30.4 Å². The number of ether oxygens (including phenoxy) is 1. The molecule has 1 aliphatic heterocycles. The molecule has 1 aliphatic rings. The topological polar surface area (TPSA) is 51.4 Å². The minimum absolute atomic E-state index is 0.371. The average molecular weight is 300 g/mol. The number of aromatic nitrogens is 1. The summed E-state index contributed by atoms with van der Waals surface area (Å²) in [4.78, 5) is 6.45. The second-order valence-corrected chi connectivity index (χ2v) is 5.03. The van der Waals surface area contributed by atoms with E-state index in [1.54, 1.807) is 0 Å². The molecule has 1 aromatic heterocycles. The Morgan fingerprint density at radius 3 is 2.88 bits per heavy atom. The van der Waals surface area contributed by atoms with Crippen LogP contribution in [0.3, 0.4) is 0 Å². The van der Waals surface area contributed by atoms with Crippen molar-refractivity contribution in [2.75, 3.05) is 31.1 Å². The Morgan fingerprint density at radius 2 is 2.24 bits per heavy atom. The molecule has 94 valence electrons. The van der Waals surface area contributed by atoms with Crippen LogP contribution in [-0.2, 0) is 4.74 Å². The largest absolute Gasteiger partial charge is 0.377 e. The van der Waals surface area contributed by atoms with E-state index in [1.807, 2.05) is 18.5 Å². The predicted molar refractivity (Wildman–Crippen MR) is 72.2 cm³/mol. The molecule has 2 rings (SSSR count). The van der Waals surface area contributed by atoms with Crippen LogP contribution in [0, 0.1) is 0 Å². The third-order valence-corrected chi connectivity index (χ3v) is 3.62. The molecule has 2 heterocycles. The third-order valence-electron chi connectivity index (χ3n) is 3.01. The summed E-state index contributed by atoms with van der Waals surface area (Å²) < 4.78 is 6.73.